The molecule has 1 aromatic rings. The van der Waals surface area contributed by atoms with Gasteiger partial charge in [-0.1, -0.05) is 31.3 Å². The standard InChI is InChI=1S/C19H30N4O3/c1-3-17(24)23-11-7-10-22(13-16(23)19-20-14(2)21-26-19)18(25)12-15-8-5-4-6-9-15/h15-16H,3-13H2,1-2H3. The van der Waals surface area contributed by atoms with Crippen molar-refractivity contribution in [3.63, 3.8) is 0 Å². The van der Waals surface area contributed by atoms with Gasteiger partial charge >= 0.3 is 0 Å². The highest BCUT2D eigenvalue weighted by atomic mass is 16.5. The molecule has 1 unspecified atom stereocenters. The maximum absolute atomic E-state index is 12.9. The van der Waals surface area contributed by atoms with E-state index in [2.05, 4.69) is 10.1 Å². The van der Waals surface area contributed by atoms with E-state index < -0.39 is 0 Å². The molecule has 3 rings (SSSR count). The average molecular weight is 362 g/mol. The molecule has 7 nitrogen and oxygen atoms in total. The zero-order valence-corrected chi connectivity index (χ0v) is 15.9. The lowest BCUT2D eigenvalue weighted by atomic mass is 9.86. The Morgan fingerprint density at radius 2 is 1.88 bits per heavy atom. The first-order chi connectivity index (χ1) is 12.6. The van der Waals surface area contributed by atoms with Gasteiger partial charge in [0.25, 0.3) is 5.89 Å². The first-order valence-corrected chi connectivity index (χ1v) is 9.96. The van der Waals surface area contributed by atoms with E-state index in [1.165, 1.54) is 19.3 Å². The third-order valence-electron chi connectivity index (χ3n) is 5.59. The van der Waals surface area contributed by atoms with Crippen molar-refractivity contribution in [2.45, 2.75) is 71.3 Å². The fourth-order valence-corrected chi connectivity index (χ4v) is 4.14. The summed E-state index contributed by atoms with van der Waals surface area (Å²) in [6.45, 7) is 5.37. The van der Waals surface area contributed by atoms with E-state index in [9.17, 15) is 9.59 Å². The Morgan fingerprint density at radius 1 is 1.12 bits per heavy atom. The van der Waals surface area contributed by atoms with Gasteiger partial charge in [0.1, 0.15) is 6.04 Å². The van der Waals surface area contributed by atoms with Gasteiger partial charge in [-0.3, -0.25) is 9.59 Å². The summed E-state index contributed by atoms with van der Waals surface area (Å²) in [6.07, 6.45) is 7.92. The van der Waals surface area contributed by atoms with E-state index in [4.69, 9.17) is 4.52 Å². The highest BCUT2D eigenvalue weighted by Crippen LogP contribution is 2.29. The lowest BCUT2D eigenvalue weighted by Gasteiger charge is -2.30. The van der Waals surface area contributed by atoms with Crippen molar-refractivity contribution in [3.05, 3.63) is 11.7 Å². The van der Waals surface area contributed by atoms with Crippen molar-refractivity contribution in [1.29, 1.82) is 0 Å². The molecule has 0 spiro atoms. The SMILES string of the molecule is CCC(=O)N1CCCN(C(=O)CC2CCCCC2)CC1c1nc(C)no1. The van der Waals surface area contributed by atoms with E-state index >= 15 is 0 Å². The molecule has 1 saturated carbocycles. The predicted molar refractivity (Wildman–Crippen MR) is 96.2 cm³/mol. The summed E-state index contributed by atoms with van der Waals surface area (Å²) in [5.74, 6) is 1.75. The molecule has 1 aliphatic heterocycles. The normalized spacial score (nSPS) is 22.3. The fraction of sp³-hybridized carbons (Fsp3) is 0.789. The first kappa shape index (κ1) is 18.9. The molecular weight excluding hydrogens is 332 g/mol. The minimum Gasteiger partial charge on any atom is -0.340 e. The molecule has 26 heavy (non-hydrogen) atoms. The van der Waals surface area contributed by atoms with Crippen LogP contribution in [0.15, 0.2) is 4.52 Å². The largest absolute Gasteiger partial charge is 0.340 e. The van der Waals surface area contributed by atoms with E-state index in [0.29, 0.717) is 50.1 Å². The molecule has 1 aliphatic carbocycles. The molecule has 2 amide bonds. The van der Waals surface area contributed by atoms with E-state index in [-0.39, 0.29) is 17.9 Å². The van der Waals surface area contributed by atoms with Crippen LogP contribution in [0.5, 0.6) is 0 Å². The van der Waals surface area contributed by atoms with Gasteiger partial charge < -0.3 is 14.3 Å². The Morgan fingerprint density at radius 3 is 2.54 bits per heavy atom. The van der Waals surface area contributed by atoms with Crippen molar-refractivity contribution < 1.29 is 14.1 Å². The van der Waals surface area contributed by atoms with Crippen LogP contribution in [0, 0.1) is 12.8 Å². The van der Waals surface area contributed by atoms with Gasteiger partial charge in [0.15, 0.2) is 5.82 Å². The van der Waals surface area contributed by atoms with Crippen molar-refractivity contribution in [3.8, 4) is 0 Å². The monoisotopic (exact) mass is 362 g/mol. The molecule has 0 bridgehead atoms. The fourth-order valence-electron chi connectivity index (χ4n) is 4.14. The predicted octanol–water partition coefficient (Wildman–Crippen LogP) is 2.86. The number of aromatic nitrogens is 2. The number of amides is 2. The second kappa shape index (κ2) is 8.64. The number of nitrogens with zero attached hydrogens (tertiary/aromatic N) is 4. The number of carbonyl (C=O) groups is 2. The Labute approximate surface area is 155 Å². The van der Waals surface area contributed by atoms with Crippen molar-refractivity contribution in [1.82, 2.24) is 19.9 Å². The molecule has 0 aromatic carbocycles. The third kappa shape index (κ3) is 4.43. The zero-order chi connectivity index (χ0) is 18.5. The van der Waals surface area contributed by atoms with Crippen LogP contribution < -0.4 is 0 Å². The van der Waals surface area contributed by atoms with Gasteiger partial charge in [-0.05, 0) is 32.1 Å². The van der Waals surface area contributed by atoms with Crippen LogP contribution in [0.1, 0.15) is 76.0 Å². The zero-order valence-electron chi connectivity index (χ0n) is 15.9. The van der Waals surface area contributed by atoms with Gasteiger partial charge in [0.2, 0.25) is 11.8 Å². The van der Waals surface area contributed by atoms with Crippen LogP contribution >= 0.6 is 0 Å². The van der Waals surface area contributed by atoms with Crippen molar-refractivity contribution >= 4 is 11.8 Å². The smallest absolute Gasteiger partial charge is 0.251 e. The molecule has 1 saturated heterocycles. The molecule has 144 valence electrons. The topological polar surface area (TPSA) is 79.5 Å². The van der Waals surface area contributed by atoms with Crippen molar-refractivity contribution in [2.75, 3.05) is 19.6 Å². The molecule has 0 N–H and O–H groups in total. The summed E-state index contributed by atoms with van der Waals surface area (Å²) in [5, 5.41) is 3.88. The van der Waals surface area contributed by atoms with Crippen LogP contribution in [0.3, 0.4) is 0 Å². The quantitative estimate of drug-likeness (QED) is 0.823. The van der Waals surface area contributed by atoms with Gasteiger partial charge in [0, 0.05) is 25.9 Å². The number of aryl methyl sites for hydroxylation is 1. The van der Waals surface area contributed by atoms with E-state index in [0.717, 1.165) is 19.3 Å². The summed E-state index contributed by atoms with van der Waals surface area (Å²) in [5.41, 5.74) is 0. The summed E-state index contributed by atoms with van der Waals surface area (Å²) in [6, 6.07) is -0.346. The summed E-state index contributed by atoms with van der Waals surface area (Å²) in [4.78, 5) is 33.4. The minimum absolute atomic E-state index is 0.0624. The lowest BCUT2D eigenvalue weighted by molar-refractivity contribution is -0.137. The molecule has 7 heteroatoms. The van der Waals surface area contributed by atoms with Crippen LogP contribution in [0.4, 0.5) is 0 Å². The van der Waals surface area contributed by atoms with Gasteiger partial charge in [-0.25, -0.2) is 0 Å². The molecule has 2 heterocycles. The maximum Gasteiger partial charge on any atom is 0.251 e. The van der Waals surface area contributed by atoms with Gasteiger partial charge in [-0.15, -0.1) is 0 Å². The van der Waals surface area contributed by atoms with Crippen LogP contribution in [0.25, 0.3) is 0 Å². The molecule has 0 radical (unpaired) electrons. The number of rotatable bonds is 4. The number of hydrogen-bond acceptors (Lipinski definition) is 5. The Balaban J connectivity index is 1.74. The van der Waals surface area contributed by atoms with Crippen LogP contribution in [-0.2, 0) is 9.59 Å². The maximum atomic E-state index is 12.9. The second-order valence-electron chi connectivity index (χ2n) is 7.54. The molecule has 2 aliphatic rings. The summed E-state index contributed by atoms with van der Waals surface area (Å²) >= 11 is 0. The third-order valence-corrected chi connectivity index (χ3v) is 5.59. The Bertz CT molecular complexity index is 624. The van der Waals surface area contributed by atoms with Crippen molar-refractivity contribution in [2.24, 2.45) is 5.92 Å². The highest BCUT2D eigenvalue weighted by molar-refractivity contribution is 5.78. The molecule has 1 atom stereocenters. The van der Waals surface area contributed by atoms with E-state index in [1.807, 2.05) is 11.8 Å². The van der Waals surface area contributed by atoms with Crippen LogP contribution in [0.2, 0.25) is 0 Å². The second-order valence-corrected chi connectivity index (χ2v) is 7.54. The molecule has 2 fully saturated rings. The highest BCUT2D eigenvalue weighted by Gasteiger charge is 2.34. The number of hydrogen-bond donors (Lipinski definition) is 0. The summed E-state index contributed by atoms with van der Waals surface area (Å²) < 4.78 is 5.37. The first-order valence-electron chi connectivity index (χ1n) is 9.96. The van der Waals surface area contributed by atoms with Gasteiger partial charge in [0.05, 0.1) is 6.54 Å². The Kier molecular flexibility index (Phi) is 6.27. The molecule has 1 aromatic heterocycles. The average Bonchev–Trinajstić information content (AvgIpc) is 2.95. The lowest BCUT2D eigenvalue weighted by Crippen LogP contribution is -2.40. The van der Waals surface area contributed by atoms with E-state index in [1.54, 1.807) is 11.8 Å². The summed E-state index contributed by atoms with van der Waals surface area (Å²) in [7, 11) is 0. The minimum atomic E-state index is -0.346. The molecular formula is C19H30N4O3. The van der Waals surface area contributed by atoms with Gasteiger partial charge in [-0.2, -0.15) is 4.98 Å². The van der Waals surface area contributed by atoms with Crippen LogP contribution in [-0.4, -0.2) is 51.4 Å². The number of carbonyl (C=O) groups excluding carboxylic acids is 2. The Hall–Kier alpha value is -1.92.